The van der Waals surface area contributed by atoms with Crippen molar-refractivity contribution in [2.75, 3.05) is 4.72 Å². The predicted molar refractivity (Wildman–Crippen MR) is 121 cm³/mol. The summed E-state index contributed by atoms with van der Waals surface area (Å²) in [6.45, 7) is 0. The Balaban J connectivity index is 1.50. The molecule has 9 heteroatoms. The molecule has 0 radical (unpaired) electrons. The van der Waals surface area contributed by atoms with Gasteiger partial charge in [0.15, 0.2) is 0 Å². The van der Waals surface area contributed by atoms with E-state index >= 15 is 4.39 Å². The Labute approximate surface area is 185 Å². The number of hydrogen-bond acceptors (Lipinski definition) is 4. The number of anilines is 1. The number of primary amides is 1. The van der Waals surface area contributed by atoms with Crippen molar-refractivity contribution < 1.29 is 17.6 Å². The quantitative estimate of drug-likeness (QED) is 0.520. The van der Waals surface area contributed by atoms with Crippen LogP contribution in [0.3, 0.4) is 0 Å². The van der Waals surface area contributed by atoms with Gasteiger partial charge in [0.25, 0.3) is 0 Å². The number of aromatic nitrogens is 2. The lowest BCUT2D eigenvalue weighted by Gasteiger charge is -2.22. The molecule has 2 aliphatic carbocycles. The first kappa shape index (κ1) is 20.9. The molecular formula is C23H25FN4O3S. The highest BCUT2D eigenvalue weighted by Crippen LogP contribution is 2.48. The molecule has 2 heterocycles. The van der Waals surface area contributed by atoms with Crippen LogP contribution in [0, 0.1) is 5.82 Å². The number of hydrogen-bond donors (Lipinski definition) is 3. The molecule has 1 amide bonds. The van der Waals surface area contributed by atoms with Crippen molar-refractivity contribution in [1.82, 2.24) is 9.97 Å². The Kier molecular flexibility index (Phi) is 4.96. The standard InChI is InChI=1S/C23H25FN4O3S/c24-18-12-14(6-7-19(18)28-32(30,31)15-4-2-1-3-5-15)17-13-20(23(9-10-23)22(25)29)27-21-16(17)8-11-26-21/h6-8,11-13,15,28H,1-5,9-10H2,(H2,25,29)(H,26,27). The summed E-state index contributed by atoms with van der Waals surface area (Å²) in [4.78, 5) is 19.6. The minimum atomic E-state index is -3.65. The number of rotatable bonds is 6. The van der Waals surface area contributed by atoms with Crippen LogP contribution in [0.25, 0.3) is 22.2 Å². The van der Waals surface area contributed by atoms with Gasteiger partial charge in [-0.15, -0.1) is 0 Å². The second-order valence-electron chi connectivity index (χ2n) is 8.84. The Morgan fingerprint density at radius 2 is 1.91 bits per heavy atom. The van der Waals surface area contributed by atoms with Gasteiger partial charge in [-0.1, -0.05) is 25.3 Å². The number of nitrogens with two attached hydrogens (primary N) is 1. The van der Waals surface area contributed by atoms with Gasteiger partial charge in [-0.25, -0.2) is 17.8 Å². The molecule has 0 atom stereocenters. The van der Waals surface area contributed by atoms with Crippen molar-refractivity contribution >= 4 is 32.7 Å². The molecule has 0 saturated heterocycles. The number of H-pyrrole nitrogens is 1. The fourth-order valence-corrected chi connectivity index (χ4v) is 6.25. The van der Waals surface area contributed by atoms with Crippen molar-refractivity contribution in [1.29, 1.82) is 0 Å². The summed E-state index contributed by atoms with van der Waals surface area (Å²) in [5.74, 6) is -1.07. The third-order valence-electron chi connectivity index (χ3n) is 6.76. The lowest BCUT2D eigenvalue weighted by Crippen LogP contribution is -2.30. The highest BCUT2D eigenvalue weighted by atomic mass is 32.2. The SMILES string of the molecule is NC(=O)C1(c2cc(-c3ccc(NS(=O)(=O)C4CCCCC4)c(F)c3)c3cc[nH]c3n2)CC1. The van der Waals surface area contributed by atoms with Crippen LogP contribution in [0.15, 0.2) is 36.5 Å². The summed E-state index contributed by atoms with van der Waals surface area (Å²) in [6, 6.07) is 8.06. The molecule has 32 heavy (non-hydrogen) atoms. The number of pyridine rings is 1. The molecule has 2 fully saturated rings. The number of aromatic amines is 1. The van der Waals surface area contributed by atoms with Gasteiger partial charge in [0.1, 0.15) is 11.5 Å². The molecule has 0 bridgehead atoms. The molecule has 7 nitrogen and oxygen atoms in total. The topological polar surface area (TPSA) is 118 Å². The first-order valence-electron chi connectivity index (χ1n) is 10.9. The molecule has 2 aliphatic rings. The normalized spacial score (nSPS) is 18.5. The van der Waals surface area contributed by atoms with E-state index in [1.807, 2.05) is 6.07 Å². The first-order valence-corrected chi connectivity index (χ1v) is 12.4. The number of nitrogens with one attached hydrogen (secondary N) is 2. The maximum atomic E-state index is 15.0. The molecule has 2 saturated carbocycles. The molecular weight excluding hydrogens is 431 g/mol. The van der Waals surface area contributed by atoms with Gasteiger partial charge < -0.3 is 10.7 Å². The maximum absolute atomic E-state index is 15.0. The molecule has 0 aliphatic heterocycles. The van der Waals surface area contributed by atoms with E-state index in [0.29, 0.717) is 48.2 Å². The van der Waals surface area contributed by atoms with Crippen LogP contribution in [0.5, 0.6) is 0 Å². The zero-order valence-electron chi connectivity index (χ0n) is 17.5. The Morgan fingerprint density at radius 3 is 2.56 bits per heavy atom. The van der Waals surface area contributed by atoms with Gasteiger partial charge >= 0.3 is 0 Å². The van der Waals surface area contributed by atoms with E-state index in [1.54, 1.807) is 18.3 Å². The van der Waals surface area contributed by atoms with Crippen LogP contribution < -0.4 is 10.5 Å². The average molecular weight is 457 g/mol. The molecule has 1 aromatic carbocycles. The number of sulfonamides is 1. The maximum Gasteiger partial charge on any atom is 0.235 e. The van der Waals surface area contributed by atoms with Crippen molar-refractivity contribution in [3.63, 3.8) is 0 Å². The number of carbonyl (C=O) groups excluding carboxylic acids is 1. The third kappa shape index (κ3) is 3.54. The van der Waals surface area contributed by atoms with Crippen LogP contribution in [-0.2, 0) is 20.2 Å². The third-order valence-corrected chi connectivity index (χ3v) is 8.62. The molecule has 0 spiro atoms. The number of carbonyl (C=O) groups is 1. The lowest BCUT2D eigenvalue weighted by molar-refractivity contribution is -0.120. The van der Waals surface area contributed by atoms with Crippen LogP contribution in [0.4, 0.5) is 10.1 Å². The summed E-state index contributed by atoms with van der Waals surface area (Å²) in [7, 11) is -3.65. The van der Waals surface area contributed by atoms with Gasteiger partial charge in [0.05, 0.1) is 22.0 Å². The fourth-order valence-electron chi connectivity index (χ4n) is 4.65. The van der Waals surface area contributed by atoms with Crippen LogP contribution in [0.1, 0.15) is 50.6 Å². The summed E-state index contributed by atoms with van der Waals surface area (Å²) >= 11 is 0. The highest BCUT2D eigenvalue weighted by molar-refractivity contribution is 7.93. The van der Waals surface area contributed by atoms with E-state index in [-0.39, 0.29) is 5.69 Å². The number of nitrogens with zero attached hydrogens (tertiary/aromatic N) is 1. The molecule has 0 unspecified atom stereocenters. The smallest absolute Gasteiger partial charge is 0.235 e. The fraction of sp³-hybridized carbons (Fsp3) is 0.391. The first-order chi connectivity index (χ1) is 15.3. The average Bonchev–Trinajstić information content (AvgIpc) is 3.46. The second kappa shape index (κ2) is 7.58. The van der Waals surface area contributed by atoms with E-state index < -0.39 is 32.4 Å². The van der Waals surface area contributed by atoms with Crippen molar-refractivity contribution in [3.05, 3.63) is 48.0 Å². The Morgan fingerprint density at radius 1 is 1.16 bits per heavy atom. The minimum Gasteiger partial charge on any atom is -0.369 e. The van der Waals surface area contributed by atoms with Crippen LogP contribution in [0.2, 0.25) is 0 Å². The van der Waals surface area contributed by atoms with Gasteiger partial charge in [-0.3, -0.25) is 9.52 Å². The number of benzene rings is 1. The number of fused-ring (bicyclic) bond motifs is 1. The summed E-state index contributed by atoms with van der Waals surface area (Å²) in [5.41, 5.74) is 7.22. The van der Waals surface area contributed by atoms with Gasteiger partial charge in [0.2, 0.25) is 15.9 Å². The molecule has 168 valence electrons. The lowest BCUT2D eigenvalue weighted by atomic mass is 9.95. The van der Waals surface area contributed by atoms with Gasteiger partial charge in [-0.05, 0) is 61.1 Å². The predicted octanol–water partition coefficient (Wildman–Crippen LogP) is 3.96. The van der Waals surface area contributed by atoms with E-state index in [1.165, 1.54) is 12.1 Å². The van der Waals surface area contributed by atoms with Crippen molar-refractivity contribution in [2.24, 2.45) is 5.73 Å². The summed E-state index contributed by atoms with van der Waals surface area (Å²) in [6.07, 6.45) is 6.98. The zero-order chi connectivity index (χ0) is 22.5. The van der Waals surface area contributed by atoms with E-state index in [0.717, 1.165) is 24.6 Å². The Hall–Kier alpha value is -2.94. The van der Waals surface area contributed by atoms with Gasteiger partial charge in [-0.2, -0.15) is 0 Å². The monoisotopic (exact) mass is 456 g/mol. The van der Waals surface area contributed by atoms with E-state index in [2.05, 4.69) is 14.7 Å². The molecule has 2 aromatic heterocycles. The summed E-state index contributed by atoms with van der Waals surface area (Å²) in [5, 5.41) is 0.296. The molecule has 3 aromatic rings. The van der Waals surface area contributed by atoms with Gasteiger partial charge in [0, 0.05) is 11.6 Å². The second-order valence-corrected chi connectivity index (χ2v) is 10.8. The highest BCUT2D eigenvalue weighted by Gasteiger charge is 2.51. The van der Waals surface area contributed by atoms with Crippen molar-refractivity contribution in [2.45, 2.75) is 55.6 Å². The van der Waals surface area contributed by atoms with Crippen LogP contribution in [-0.4, -0.2) is 29.5 Å². The van der Waals surface area contributed by atoms with Crippen LogP contribution >= 0.6 is 0 Å². The number of amides is 1. The molecule has 4 N–H and O–H groups in total. The van der Waals surface area contributed by atoms with E-state index in [9.17, 15) is 13.2 Å². The Bertz CT molecular complexity index is 1310. The zero-order valence-corrected chi connectivity index (χ0v) is 18.3. The summed E-state index contributed by atoms with van der Waals surface area (Å²) < 4.78 is 42.8. The minimum absolute atomic E-state index is 0.0604. The van der Waals surface area contributed by atoms with Crippen molar-refractivity contribution in [3.8, 4) is 11.1 Å². The molecule has 5 rings (SSSR count). The van der Waals surface area contributed by atoms with E-state index in [4.69, 9.17) is 5.73 Å². The largest absolute Gasteiger partial charge is 0.369 e. The number of halogens is 1.